The Morgan fingerprint density at radius 3 is 2.69 bits per heavy atom. The molecule has 1 rings (SSSR count). The summed E-state index contributed by atoms with van der Waals surface area (Å²) in [6, 6.07) is -0.701. The van der Waals surface area contributed by atoms with Crippen LogP contribution in [0.5, 0.6) is 0 Å². The molecule has 1 fully saturated rings. The topological polar surface area (TPSA) is 83.6 Å². The highest BCUT2D eigenvalue weighted by Gasteiger charge is 2.40. The molecule has 0 bridgehead atoms. The van der Waals surface area contributed by atoms with Gasteiger partial charge < -0.3 is 15.7 Å². The summed E-state index contributed by atoms with van der Waals surface area (Å²) >= 11 is 1.49. The summed E-state index contributed by atoms with van der Waals surface area (Å²) in [6.07, 6.45) is 0.648. The van der Waals surface area contributed by atoms with E-state index in [1.165, 1.54) is 16.7 Å². The molecule has 1 aliphatic heterocycles. The van der Waals surface area contributed by atoms with Crippen molar-refractivity contribution in [2.45, 2.75) is 31.7 Å². The molecule has 0 saturated carbocycles. The summed E-state index contributed by atoms with van der Waals surface area (Å²) in [5.74, 6) is -0.863. The maximum atomic E-state index is 12.1. The molecule has 16 heavy (non-hydrogen) atoms. The molecule has 92 valence electrons. The maximum absolute atomic E-state index is 12.1. The number of rotatable bonds is 4. The Kier molecular flexibility index (Phi) is 4.61. The molecule has 1 amide bonds. The number of nitrogens with zero attached hydrogens (tertiary/aromatic N) is 1. The number of hydrogen-bond acceptors (Lipinski definition) is 4. The summed E-state index contributed by atoms with van der Waals surface area (Å²) in [6.45, 7) is 4.02. The van der Waals surface area contributed by atoms with Gasteiger partial charge in [0.05, 0.1) is 11.3 Å². The average Bonchev–Trinajstić information content (AvgIpc) is 2.61. The third kappa shape index (κ3) is 2.49. The smallest absolute Gasteiger partial charge is 0.327 e. The molecule has 0 spiro atoms. The van der Waals surface area contributed by atoms with Gasteiger partial charge in [0.25, 0.3) is 0 Å². The van der Waals surface area contributed by atoms with Crippen molar-refractivity contribution in [2.24, 2.45) is 11.7 Å². The number of carbonyl (C=O) groups is 2. The zero-order valence-corrected chi connectivity index (χ0v) is 10.4. The first-order valence-electron chi connectivity index (χ1n) is 5.39. The van der Waals surface area contributed by atoms with Crippen molar-refractivity contribution >= 4 is 23.6 Å². The molecule has 0 aromatic carbocycles. The van der Waals surface area contributed by atoms with Crippen LogP contribution in [0.1, 0.15) is 20.3 Å². The first kappa shape index (κ1) is 13.3. The van der Waals surface area contributed by atoms with Gasteiger partial charge >= 0.3 is 5.97 Å². The number of hydrogen-bond donors (Lipinski definition) is 2. The van der Waals surface area contributed by atoms with E-state index < -0.39 is 12.0 Å². The quantitative estimate of drug-likeness (QED) is 0.747. The number of carboxylic acid groups (broad SMARTS) is 1. The van der Waals surface area contributed by atoms with Crippen LogP contribution in [-0.2, 0) is 9.59 Å². The fourth-order valence-corrected chi connectivity index (χ4v) is 3.00. The minimum absolute atomic E-state index is 0.0748. The fourth-order valence-electron chi connectivity index (χ4n) is 1.82. The monoisotopic (exact) mass is 246 g/mol. The molecule has 0 aromatic rings. The number of amides is 1. The minimum atomic E-state index is -0.933. The van der Waals surface area contributed by atoms with Crippen LogP contribution < -0.4 is 5.73 Å². The number of nitrogens with two attached hydrogens (primary N) is 1. The summed E-state index contributed by atoms with van der Waals surface area (Å²) in [7, 11) is 0. The summed E-state index contributed by atoms with van der Waals surface area (Å²) in [5, 5.41) is 8.96. The van der Waals surface area contributed by atoms with E-state index >= 15 is 0 Å². The number of carbonyl (C=O) groups excluding carboxylic acids is 1. The van der Waals surface area contributed by atoms with Gasteiger partial charge in [0.2, 0.25) is 5.91 Å². The zero-order valence-electron chi connectivity index (χ0n) is 9.55. The Morgan fingerprint density at radius 1 is 1.62 bits per heavy atom. The Balaban J connectivity index is 2.82. The zero-order chi connectivity index (χ0) is 12.3. The first-order chi connectivity index (χ1) is 7.52. The van der Waals surface area contributed by atoms with E-state index in [-0.39, 0.29) is 23.7 Å². The molecular weight excluding hydrogens is 228 g/mol. The van der Waals surface area contributed by atoms with Crippen LogP contribution in [0.3, 0.4) is 0 Å². The molecule has 6 heteroatoms. The van der Waals surface area contributed by atoms with Gasteiger partial charge in [-0.1, -0.05) is 6.92 Å². The Hall–Kier alpha value is -0.750. The first-order valence-corrected chi connectivity index (χ1v) is 6.44. The van der Waals surface area contributed by atoms with Crippen LogP contribution in [0.4, 0.5) is 0 Å². The number of thioether (sulfide) groups is 1. The highest BCUT2D eigenvalue weighted by atomic mass is 32.2. The molecular formula is C10H18N2O3S. The predicted molar refractivity (Wildman–Crippen MR) is 63.0 cm³/mol. The number of aliphatic carboxylic acids is 1. The molecule has 0 radical (unpaired) electrons. The lowest BCUT2D eigenvalue weighted by atomic mass is 10.0. The second-order valence-electron chi connectivity index (χ2n) is 3.87. The highest BCUT2D eigenvalue weighted by Crippen LogP contribution is 2.30. The van der Waals surface area contributed by atoms with Crippen molar-refractivity contribution < 1.29 is 14.7 Å². The third-order valence-corrected chi connectivity index (χ3v) is 4.11. The minimum Gasteiger partial charge on any atom is -0.480 e. The maximum Gasteiger partial charge on any atom is 0.327 e. The lowest BCUT2D eigenvalue weighted by Crippen LogP contribution is -2.48. The van der Waals surface area contributed by atoms with E-state index in [2.05, 4.69) is 0 Å². The molecule has 3 unspecified atom stereocenters. The van der Waals surface area contributed by atoms with Crippen molar-refractivity contribution in [3.63, 3.8) is 0 Å². The lowest BCUT2D eigenvalue weighted by Gasteiger charge is -2.28. The summed E-state index contributed by atoms with van der Waals surface area (Å²) in [5.41, 5.74) is 5.52. The molecule has 1 heterocycles. The van der Waals surface area contributed by atoms with Gasteiger partial charge in [-0.3, -0.25) is 4.79 Å². The molecule has 0 aliphatic carbocycles. The van der Waals surface area contributed by atoms with E-state index in [9.17, 15) is 9.59 Å². The van der Waals surface area contributed by atoms with Gasteiger partial charge in [-0.05, 0) is 13.3 Å². The largest absolute Gasteiger partial charge is 0.480 e. The van der Waals surface area contributed by atoms with Gasteiger partial charge in [0, 0.05) is 12.3 Å². The van der Waals surface area contributed by atoms with E-state index in [0.717, 1.165) is 0 Å². The van der Waals surface area contributed by atoms with Crippen molar-refractivity contribution in [1.82, 2.24) is 4.90 Å². The van der Waals surface area contributed by atoms with Crippen molar-refractivity contribution in [1.29, 1.82) is 0 Å². The summed E-state index contributed by atoms with van der Waals surface area (Å²) in [4.78, 5) is 24.6. The van der Waals surface area contributed by atoms with Crippen LogP contribution in [0.25, 0.3) is 0 Å². The average molecular weight is 246 g/mol. The molecule has 3 atom stereocenters. The van der Waals surface area contributed by atoms with Crippen LogP contribution in [-0.4, -0.2) is 45.6 Å². The van der Waals surface area contributed by atoms with Gasteiger partial charge in [-0.2, -0.15) is 0 Å². The highest BCUT2D eigenvalue weighted by molar-refractivity contribution is 8.00. The standard InChI is InChI=1S/C10H18N2O3S/c1-3-7(4-11)9(13)12-6(2)16-5-8(12)10(14)15/h6-8H,3-5,11H2,1-2H3,(H,14,15). The Labute approximate surface area is 99.4 Å². The van der Waals surface area contributed by atoms with Crippen LogP contribution in [0.15, 0.2) is 0 Å². The second kappa shape index (κ2) is 5.54. The molecule has 5 nitrogen and oxygen atoms in total. The summed E-state index contributed by atoms with van der Waals surface area (Å²) < 4.78 is 0. The molecule has 0 aromatic heterocycles. The van der Waals surface area contributed by atoms with Gasteiger partial charge in [0.15, 0.2) is 0 Å². The molecule has 1 aliphatic rings. The number of carboxylic acids is 1. The second-order valence-corrected chi connectivity index (χ2v) is 5.22. The van der Waals surface area contributed by atoms with E-state index in [1.54, 1.807) is 0 Å². The third-order valence-electron chi connectivity index (χ3n) is 2.89. The van der Waals surface area contributed by atoms with Crippen LogP contribution in [0, 0.1) is 5.92 Å². The normalized spacial score (nSPS) is 26.8. The van der Waals surface area contributed by atoms with Crippen molar-refractivity contribution in [3.8, 4) is 0 Å². The van der Waals surface area contributed by atoms with Gasteiger partial charge in [-0.25, -0.2) is 4.79 Å². The molecule has 3 N–H and O–H groups in total. The van der Waals surface area contributed by atoms with Crippen molar-refractivity contribution in [3.05, 3.63) is 0 Å². The van der Waals surface area contributed by atoms with Gasteiger partial charge in [-0.15, -0.1) is 11.8 Å². The Morgan fingerprint density at radius 2 is 2.25 bits per heavy atom. The Bertz CT molecular complexity index is 281. The predicted octanol–water partition coefficient (Wildman–Crippen LogP) is 0.346. The van der Waals surface area contributed by atoms with E-state index in [1.807, 2.05) is 13.8 Å². The van der Waals surface area contributed by atoms with Crippen LogP contribution >= 0.6 is 11.8 Å². The van der Waals surface area contributed by atoms with E-state index in [4.69, 9.17) is 10.8 Å². The lowest BCUT2D eigenvalue weighted by molar-refractivity contribution is -0.150. The van der Waals surface area contributed by atoms with Crippen LogP contribution in [0.2, 0.25) is 0 Å². The van der Waals surface area contributed by atoms with E-state index in [0.29, 0.717) is 12.2 Å². The molecule has 1 saturated heterocycles. The SMILES string of the molecule is CCC(CN)C(=O)N1C(C)SCC1C(=O)O. The van der Waals surface area contributed by atoms with Crippen molar-refractivity contribution in [2.75, 3.05) is 12.3 Å². The fraction of sp³-hybridized carbons (Fsp3) is 0.800. The van der Waals surface area contributed by atoms with Gasteiger partial charge in [0.1, 0.15) is 6.04 Å².